The van der Waals surface area contributed by atoms with Crippen LogP contribution in [-0.4, -0.2) is 11.3 Å². The maximum atomic E-state index is 10.5. The first-order valence-electron chi connectivity index (χ1n) is 4.74. The number of fused-ring (bicyclic) bond motifs is 1. The third-order valence-electron chi connectivity index (χ3n) is 2.60. The molecule has 0 aliphatic carbocycles. The van der Waals surface area contributed by atoms with Crippen LogP contribution in [0.4, 0.5) is 0 Å². The van der Waals surface area contributed by atoms with Gasteiger partial charge in [0, 0.05) is 23.0 Å². The molecule has 0 bridgehead atoms. The van der Waals surface area contributed by atoms with Crippen LogP contribution in [0.5, 0.6) is 0 Å². The highest BCUT2D eigenvalue weighted by Gasteiger charge is 2.06. The van der Waals surface area contributed by atoms with Crippen molar-refractivity contribution in [2.75, 3.05) is 0 Å². The normalized spacial score (nSPS) is 10.7. The standard InChI is InChI=1S/C12H13NO/c1-8-3-4-12-10(7-8)9(2)11(13-12)5-6-14/h3-4,6-7,13H,5H2,1-2H3. The van der Waals surface area contributed by atoms with E-state index in [9.17, 15) is 4.79 Å². The molecule has 0 atom stereocenters. The predicted octanol–water partition coefficient (Wildman–Crippen LogP) is 2.53. The number of H-pyrrole nitrogens is 1. The molecule has 0 unspecified atom stereocenters. The molecule has 1 aromatic heterocycles. The lowest BCUT2D eigenvalue weighted by molar-refractivity contribution is -0.107. The van der Waals surface area contributed by atoms with Crippen molar-refractivity contribution in [2.45, 2.75) is 20.3 Å². The first kappa shape index (κ1) is 9.00. The molecule has 0 aliphatic rings. The highest BCUT2D eigenvalue weighted by Crippen LogP contribution is 2.22. The molecular weight excluding hydrogens is 174 g/mol. The number of carbonyl (C=O) groups is 1. The lowest BCUT2D eigenvalue weighted by Crippen LogP contribution is -1.87. The molecule has 2 nitrogen and oxygen atoms in total. The summed E-state index contributed by atoms with van der Waals surface area (Å²) < 4.78 is 0. The summed E-state index contributed by atoms with van der Waals surface area (Å²) in [4.78, 5) is 13.7. The first-order chi connectivity index (χ1) is 6.72. The molecule has 1 N–H and O–H groups in total. The van der Waals surface area contributed by atoms with Gasteiger partial charge in [0.25, 0.3) is 0 Å². The van der Waals surface area contributed by atoms with Gasteiger partial charge in [0.15, 0.2) is 0 Å². The zero-order valence-corrected chi connectivity index (χ0v) is 8.42. The maximum Gasteiger partial charge on any atom is 0.125 e. The summed E-state index contributed by atoms with van der Waals surface area (Å²) in [5.74, 6) is 0. The molecule has 0 radical (unpaired) electrons. The Morgan fingerprint density at radius 2 is 2.14 bits per heavy atom. The topological polar surface area (TPSA) is 32.9 Å². The van der Waals surface area contributed by atoms with E-state index in [-0.39, 0.29) is 0 Å². The molecule has 14 heavy (non-hydrogen) atoms. The number of hydrogen-bond acceptors (Lipinski definition) is 1. The van der Waals surface area contributed by atoms with Crippen LogP contribution in [0.2, 0.25) is 0 Å². The van der Waals surface area contributed by atoms with Gasteiger partial charge in [-0.1, -0.05) is 11.6 Å². The third-order valence-corrected chi connectivity index (χ3v) is 2.60. The van der Waals surface area contributed by atoms with E-state index in [4.69, 9.17) is 0 Å². The van der Waals surface area contributed by atoms with Crippen LogP contribution < -0.4 is 0 Å². The van der Waals surface area contributed by atoms with Crippen LogP contribution in [0.3, 0.4) is 0 Å². The van der Waals surface area contributed by atoms with Gasteiger partial charge < -0.3 is 9.78 Å². The van der Waals surface area contributed by atoms with Crippen molar-refractivity contribution in [3.05, 3.63) is 35.0 Å². The van der Waals surface area contributed by atoms with Gasteiger partial charge in [-0.25, -0.2) is 0 Å². The van der Waals surface area contributed by atoms with Gasteiger partial charge in [0.05, 0.1) is 0 Å². The highest BCUT2D eigenvalue weighted by atomic mass is 16.1. The molecule has 1 heterocycles. The molecule has 0 saturated carbocycles. The summed E-state index contributed by atoms with van der Waals surface area (Å²) in [6.45, 7) is 4.13. The second-order valence-corrected chi connectivity index (χ2v) is 3.65. The number of carbonyl (C=O) groups excluding carboxylic acids is 1. The number of aryl methyl sites for hydroxylation is 2. The minimum Gasteiger partial charge on any atom is -0.358 e. The molecule has 0 spiro atoms. The molecule has 2 heteroatoms. The van der Waals surface area contributed by atoms with Gasteiger partial charge in [0.1, 0.15) is 6.29 Å². The van der Waals surface area contributed by atoms with Crippen molar-refractivity contribution >= 4 is 17.2 Å². The van der Waals surface area contributed by atoms with Crippen LogP contribution in [0, 0.1) is 13.8 Å². The molecule has 0 amide bonds. The van der Waals surface area contributed by atoms with Crippen molar-refractivity contribution < 1.29 is 4.79 Å². The van der Waals surface area contributed by atoms with Crippen LogP contribution in [0.1, 0.15) is 16.8 Å². The number of aromatic amines is 1. The van der Waals surface area contributed by atoms with E-state index in [0.29, 0.717) is 6.42 Å². The fraction of sp³-hybridized carbons (Fsp3) is 0.250. The largest absolute Gasteiger partial charge is 0.358 e. The van der Waals surface area contributed by atoms with Gasteiger partial charge in [-0.15, -0.1) is 0 Å². The van der Waals surface area contributed by atoms with Crippen molar-refractivity contribution in [1.29, 1.82) is 0 Å². The molecule has 2 rings (SSSR count). The minimum absolute atomic E-state index is 0.472. The second kappa shape index (κ2) is 3.29. The molecule has 0 saturated heterocycles. The van der Waals surface area contributed by atoms with Gasteiger partial charge in [-0.05, 0) is 31.5 Å². The number of hydrogen-bond donors (Lipinski definition) is 1. The van der Waals surface area contributed by atoms with E-state index < -0.39 is 0 Å². The van der Waals surface area contributed by atoms with Gasteiger partial charge in [0.2, 0.25) is 0 Å². The molecule has 1 aromatic carbocycles. The number of benzene rings is 1. The molecular formula is C12H13NO. The maximum absolute atomic E-state index is 10.5. The summed E-state index contributed by atoms with van der Waals surface area (Å²) in [5, 5.41) is 1.22. The summed E-state index contributed by atoms with van der Waals surface area (Å²) in [6, 6.07) is 6.28. The van der Waals surface area contributed by atoms with Crippen LogP contribution in [0.25, 0.3) is 10.9 Å². The SMILES string of the molecule is Cc1ccc2[nH]c(CC=O)c(C)c2c1. The Balaban J connectivity index is 2.67. The number of rotatable bonds is 2. The highest BCUT2D eigenvalue weighted by molar-refractivity contribution is 5.85. The fourth-order valence-electron chi connectivity index (χ4n) is 1.78. The van der Waals surface area contributed by atoms with Crippen LogP contribution in [0.15, 0.2) is 18.2 Å². The Bertz CT molecular complexity index is 482. The molecule has 0 fully saturated rings. The van der Waals surface area contributed by atoms with Crippen molar-refractivity contribution in [3.63, 3.8) is 0 Å². The van der Waals surface area contributed by atoms with E-state index in [1.54, 1.807) is 0 Å². The lowest BCUT2D eigenvalue weighted by atomic mass is 10.1. The zero-order chi connectivity index (χ0) is 10.1. The van der Waals surface area contributed by atoms with Crippen molar-refractivity contribution in [3.8, 4) is 0 Å². The summed E-state index contributed by atoms with van der Waals surface area (Å²) in [5.41, 5.74) is 4.58. The average Bonchev–Trinajstić information content (AvgIpc) is 2.46. The van der Waals surface area contributed by atoms with Gasteiger partial charge >= 0.3 is 0 Å². The Labute approximate surface area is 82.9 Å². The van der Waals surface area contributed by atoms with E-state index in [1.165, 1.54) is 16.5 Å². The Morgan fingerprint density at radius 3 is 2.86 bits per heavy atom. The van der Waals surface area contributed by atoms with E-state index in [0.717, 1.165) is 17.5 Å². The van der Waals surface area contributed by atoms with E-state index in [2.05, 4.69) is 37.0 Å². The smallest absolute Gasteiger partial charge is 0.125 e. The van der Waals surface area contributed by atoms with Crippen LogP contribution >= 0.6 is 0 Å². The first-order valence-corrected chi connectivity index (χ1v) is 4.74. The van der Waals surface area contributed by atoms with Crippen LogP contribution in [-0.2, 0) is 11.2 Å². The minimum atomic E-state index is 0.472. The van der Waals surface area contributed by atoms with E-state index >= 15 is 0 Å². The lowest BCUT2D eigenvalue weighted by Gasteiger charge is -1.93. The Hall–Kier alpha value is -1.57. The zero-order valence-electron chi connectivity index (χ0n) is 8.42. The van der Waals surface area contributed by atoms with Crippen molar-refractivity contribution in [2.24, 2.45) is 0 Å². The molecule has 2 aromatic rings. The fourth-order valence-corrected chi connectivity index (χ4v) is 1.78. The Morgan fingerprint density at radius 1 is 1.36 bits per heavy atom. The summed E-state index contributed by atoms with van der Waals surface area (Å²) in [6.07, 6.45) is 1.41. The quantitative estimate of drug-likeness (QED) is 0.720. The molecule has 0 aliphatic heterocycles. The summed E-state index contributed by atoms with van der Waals surface area (Å²) in [7, 11) is 0. The monoisotopic (exact) mass is 187 g/mol. The average molecular weight is 187 g/mol. The number of aromatic nitrogens is 1. The predicted molar refractivity (Wildman–Crippen MR) is 57.5 cm³/mol. The molecule has 72 valence electrons. The van der Waals surface area contributed by atoms with E-state index in [1.807, 2.05) is 0 Å². The third kappa shape index (κ3) is 1.33. The van der Waals surface area contributed by atoms with Gasteiger partial charge in [-0.2, -0.15) is 0 Å². The number of aldehydes is 1. The Kier molecular flexibility index (Phi) is 2.12. The number of nitrogens with one attached hydrogen (secondary N) is 1. The van der Waals surface area contributed by atoms with Crippen molar-refractivity contribution in [1.82, 2.24) is 4.98 Å². The summed E-state index contributed by atoms with van der Waals surface area (Å²) >= 11 is 0. The van der Waals surface area contributed by atoms with Gasteiger partial charge in [-0.3, -0.25) is 0 Å². The second-order valence-electron chi connectivity index (χ2n) is 3.65.